The quantitative estimate of drug-likeness (QED) is 0.865. The number of carbonyl (C=O) groups is 1. The second kappa shape index (κ2) is 6.10. The lowest BCUT2D eigenvalue weighted by Gasteiger charge is -2.18. The van der Waals surface area contributed by atoms with Crippen LogP contribution in [0.3, 0.4) is 0 Å². The molecule has 0 bridgehead atoms. The summed E-state index contributed by atoms with van der Waals surface area (Å²) in [4.78, 5) is 20.5. The number of phenols is 1. The minimum atomic E-state index is -0.512. The molecule has 0 unspecified atom stereocenters. The van der Waals surface area contributed by atoms with E-state index < -0.39 is 5.91 Å². The standard InChI is InChI=1S/C15H15Cl2N3O2/c1-15(2,3)12-13(17)19-11(7-18-12)14(22)20-10-6-8(21)4-5-9(10)16/h4-7,21H,1-3H3,(H,20,22). The molecule has 0 radical (unpaired) electrons. The maximum absolute atomic E-state index is 12.2. The van der Waals surface area contributed by atoms with Gasteiger partial charge in [-0.1, -0.05) is 44.0 Å². The summed E-state index contributed by atoms with van der Waals surface area (Å²) in [6, 6.07) is 4.25. The highest BCUT2D eigenvalue weighted by Crippen LogP contribution is 2.28. The number of phenolic OH excluding ortho intramolecular Hbond substituents is 1. The van der Waals surface area contributed by atoms with Crippen LogP contribution in [0.15, 0.2) is 24.4 Å². The summed E-state index contributed by atoms with van der Waals surface area (Å²) in [7, 11) is 0. The van der Waals surface area contributed by atoms with Gasteiger partial charge in [0.25, 0.3) is 5.91 Å². The third-order valence-electron chi connectivity index (χ3n) is 2.87. The number of aromatic nitrogens is 2. The van der Waals surface area contributed by atoms with Crippen LogP contribution in [0.2, 0.25) is 10.2 Å². The topological polar surface area (TPSA) is 75.1 Å². The maximum atomic E-state index is 12.2. The zero-order valence-electron chi connectivity index (χ0n) is 12.3. The van der Waals surface area contributed by atoms with Gasteiger partial charge < -0.3 is 10.4 Å². The van der Waals surface area contributed by atoms with Gasteiger partial charge in [0, 0.05) is 11.5 Å². The number of rotatable bonds is 2. The lowest BCUT2D eigenvalue weighted by molar-refractivity contribution is 0.102. The molecule has 2 aromatic rings. The van der Waals surface area contributed by atoms with E-state index in [1.54, 1.807) is 0 Å². The molecule has 0 spiro atoms. The summed E-state index contributed by atoms with van der Waals surface area (Å²) in [5.41, 5.74) is 0.691. The Balaban J connectivity index is 2.27. The summed E-state index contributed by atoms with van der Waals surface area (Å²) in [5, 5.41) is 12.5. The fourth-order valence-corrected chi connectivity index (χ4v) is 2.36. The van der Waals surface area contributed by atoms with Crippen LogP contribution in [0.1, 0.15) is 37.0 Å². The fourth-order valence-electron chi connectivity index (χ4n) is 1.77. The molecule has 0 aliphatic carbocycles. The minimum Gasteiger partial charge on any atom is -0.508 e. The van der Waals surface area contributed by atoms with Crippen molar-refractivity contribution in [3.05, 3.63) is 46.0 Å². The molecule has 1 amide bonds. The van der Waals surface area contributed by atoms with Gasteiger partial charge in [-0.05, 0) is 12.1 Å². The smallest absolute Gasteiger partial charge is 0.275 e. The van der Waals surface area contributed by atoms with Crippen LogP contribution < -0.4 is 5.32 Å². The highest BCUT2D eigenvalue weighted by molar-refractivity contribution is 6.34. The highest BCUT2D eigenvalue weighted by Gasteiger charge is 2.22. The van der Waals surface area contributed by atoms with Gasteiger partial charge in [0.2, 0.25) is 0 Å². The Hall–Kier alpha value is -1.85. The number of hydrogen-bond acceptors (Lipinski definition) is 4. The first-order valence-electron chi connectivity index (χ1n) is 6.51. The van der Waals surface area contributed by atoms with E-state index in [-0.39, 0.29) is 27.7 Å². The third-order valence-corrected chi connectivity index (χ3v) is 3.46. The van der Waals surface area contributed by atoms with E-state index in [4.69, 9.17) is 23.2 Å². The third kappa shape index (κ3) is 3.67. The Labute approximate surface area is 138 Å². The van der Waals surface area contributed by atoms with E-state index in [1.165, 1.54) is 24.4 Å². The molecular formula is C15H15Cl2N3O2. The first-order valence-corrected chi connectivity index (χ1v) is 7.27. The lowest BCUT2D eigenvalue weighted by Crippen LogP contribution is -2.19. The second-order valence-corrected chi connectivity index (χ2v) is 6.53. The molecule has 5 nitrogen and oxygen atoms in total. The Morgan fingerprint density at radius 2 is 1.95 bits per heavy atom. The normalized spacial score (nSPS) is 11.3. The van der Waals surface area contributed by atoms with Crippen molar-refractivity contribution in [2.24, 2.45) is 0 Å². The number of halogens is 2. The molecule has 0 saturated heterocycles. The van der Waals surface area contributed by atoms with Crippen LogP contribution in [-0.4, -0.2) is 21.0 Å². The van der Waals surface area contributed by atoms with Crippen LogP contribution in [0.5, 0.6) is 5.75 Å². The summed E-state index contributed by atoms with van der Waals surface area (Å²) in [5.74, 6) is -0.519. The first kappa shape index (κ1) is 16.5. The van der Waals surface area contributed by atoms with E-state index in [0.29, 0.717) is 10.7 Å². The summed E-state index contributed by atoms with van der Waals surface area (Å²) in [6.45, 7) is 5.86. The summed E-state index contributed by atoms with van der Waals surface area (Å²) >= 11 is 12.1. The molecule has 2 N–H and O–H groups in total. The molecule has 0 aliphatic rings. The monoisotopic (exact) mass is 339 g/mol. The molecule has 22 heavy (non-hydrogen) atoms. The van der Waals surface area contributed by atoms with Crippen molar-refractivity contribution in [3.63, 3.8) is 0 Å². The zero-order chi connectivity index (χ0) is 16.5. The average molecular weight is 340 g/mol. The predicted octanol–water partition coefficient (Wildman–Crippen LogP) is 4.04. The first-order chi connectivity index (χ1) is 10.2. The minimum absolute atomic E-state index is 0.00750. The van der Waals surface area contributed by atoms with Crippen LogP contribution in [0.4, 0.5) is 5.69 Å². The number of hydrogen-bond donors (Lipinski definition) is 2. The van der Waals surface area contributed by atoms with Crippen LogP contribution in [0.25, 0.3) is 0 Å². The van der Waals surface area contributed by atoms with Crippen molar-refractivity contribution >= 4 is 34.8 Å². The van der Waals surface area contributed by atoms with Gasteiger partial charge in [-0.3, -0.25) is 9.78 Å². The molecule has 0 atom stereocenters. The number of amides is 1. The fraction of sp³-hybridized carbons (Fsp3) is 0.267. The van der Waals surface area contributed by atoms with Crippen molar-refractivity contribution in [2.45, 2.75) is 26.2 Å². The molecule has 0 aliphatic heterocycles. The van der Waals surface area contributed by atoms with Crippen LogP contribution in [0, 0.1) is 0 Å². The number of benzene rings is 1. The average Bonchev–Trinajstić information content (AvgIpc) is 2.41. The van der Waals surface area contributed by atoms with E-state index in [1.807, 2.05) is 20.8 Å². The van der Waals surface area contributed by atoms with E-state index in [2.05, 4.69) is 15.3 Å². The van der Waals surface area contributed by atoms with Crippen molar-refractivity contribution in [2.75, 3.05) is 5.32 Å². The Kier molecular flexibility index (Phi) is 4.58. The molecular weight excluding hydrogens is 325 g/mol. The maximum Gasteiger partial charge on any atom is 0.275 e. The predicted molar refractivity (Wildman–Crippen MR) is 86.8 cm³/mol. The molecule has 1 heterocycles. The lowest BCUT2D eigenvalue weighted by atomic mass is 9.92. The number of anilines is 1. The van der Waals surface area contributed by atoms with E-state index >= 15 is 0 Å². The molecule has 2 rings (SSSR count). The SMILES string of the molecule is CC(C)(C)c1ncc(C(=O)Nc2cc(O)ccc2Cl)nc1Cl. The molecule has 1 aromatic carbocycles. The van der Waals surface area contributed by atoms with Crippen LogP contribution in [-0.2, 0) is 5.41 Å². The van der Waals surface area contributed by atoms with Gasteiger partial charge in [-0.15, -0.1) is 0 Å². The van der Waals surface area contributed by atoms with E-state index in [0.717, 1.165) is 0 Å². The van der Waals surface area contributed by atoms with Crippen molar-refractivity contribution < 1.29 is 9.90 Å². The molecule has 0 saturated carbocycles. The summed E-state index contributed by atoms with van der Waals surface area (Å²) in [6.07, 6.45) is 1.36. The number of nitrogens with zero attached hydrogens (tertiary/aromatic N) is 2. The Morgan fingerprint density at radius 1 is 1.27 bits per heavy atom. The van der Waals surface area contributed by atoms with Gasteiger partial charge in [0.15, 0.2) is 5.15 Å². The Bertz CT molecular complexity index is 727. The highest BCUT2D eigenvalue weighted by atomic mass is 35.5. The molecule has 116 valence electrons. The van der Waals surface area contributed by atoms with Crippen molar-refractivity contribution in [3.8, 4) is 5.75 Å². The van der Waals surface area contributed by atoms with Gasteiger partial charge in [-0.2, -0.15) is 0 Å². The van der Waals surface area contributed by atoms with Gasteiger partial charge >= 0.3 is 0 Å². The van der Waals surface area contributed by atoms with Gasteiger partial charge in [0.1, 0.15) is 11.4 Å². The van der Waals surface area contributed by atoms with Crippen molar-refractivity contribution in [1.29, 1.82) is 0 Å². The van der Waals surface area contributed by atoms with E-state index in [9.17, 15) is 9.90 Å². The van der Waals surface area contributed by atoms with Gasteiger partial charge in [-0.25, -0.2) is 4.98 Å². The largest absolute Gasteiger partial charge is 0.508 e. The molecule has 7 heteroatoms. The second-order valence-electron chi connectivity index (χ2n) is 5.76. The van der Waals surface area contributed by atoms with Crippen LogP contribution >= 0.6 is 23.2 Å². The summed E-state index contributed by atoms with van der Waals surface area (Å²) < 4.78 is 0. The van der Waals surface area contributed by atoms with Crippen molar-refractivity contribution in [1.82, 2.24) is 9.97 Å². The number of carbonyl (C=O) groups excluding carboxylic acids is 1. The van der Waals surface area contributed by atoms with Gasteiger partial charge in [0.05, 0.1) is 22.6 Å². The molecule has 1 aromatic heterocycles. The number of aromatic hydroxyl groups is 1. The molecule has 0 fully saturated rings. The Morgan fingerprint density at radius 3 is 2.55 bits per heavy atom. The zero-order valence-corrected chi connectivity index (χ0v) is 13.8. The number of nitrogens with one attached hydrogen (secondary N) is 1.